The number of rotatable bonds is 9. The Labute approximate surface area is 227 Å². The van der Waals surface area contributed by atoms with Crippen molar-refractivity contribution in [2.45, 2.75) is 4.90 Å². The summed E-state index contributed by atoms with van der Waals surface area (Å²) in [5.74, 6) is 1.87. The summed E-state index contributed by atoms with van der Waals surface area (Å²) in [4.78, 5) is 4.82. The molecular formula is C26H21BrClN5O3S. The predicted octanol–water partition coefficient (Wildman–Crippen LogP) is 5.99. The third kappa shape index (κ3) is 5.78. The molecule has 2 aromatic heterocycles. The standard InChI is InChI=1S/C26H21BrClN5O3S/c27-22-17-30-33-25(16-24(32-26(22)33)21-8-4-5-9-23(21)28)29-14-15-31-37(34,35)20-12-10-19(11-13-20)36-18-6-2-1-3-7-18/h1-13,16-17,29,31H,14-15H2. The molecule has 0 aliphatic rings. The highest BCUT2D eigenvalue weighted by Gasteiger charge is 2.15. The number of aromatic nitrogens is 3. The van der Waals surface area contributed by atoms with Gasteiger partial charge in [-0.15, -0.1) is 0 Å². The van der Waals surface area contributed by atoms with Crippen molar-refractivity contribution in [3.05, 3.63) is 101 Å². The van der Waals surface area contributed by atoms with E-state index in [9.17, 15) is 8.42 Å². The van der Waals surface area contributed by atoms with E-state index < -0.39 is 10.0 Å². The van der Waals surface area contributed by atoms with Crippen molar-refractivity contribution in [1.82, 2.24) is 19.3 Å². The minimum atomic E-state index is -3.70. The topological polar surface area (TPSA) is 97.6 Å². The Morgan fingerprint density at radius 3 is 2.38 bits per heavy atom. The lowest BCUT2D eigenvalue weighted by Crippen LogP contribution is -2.29. The molecule has 0 unspecified atom stereocenters. The van der Waals surface area contributed by atoms with E-state index in [0.29, 0.717) is 40.2 Å². The molecule has 37 heavy (non-hydrogen) atoms. The fourth-order valence-corrected chi connectivity index (χ4v) is 5.25. The first kappa shape index (κ1) is 25.2. The van der Waals surface area contributed by atoms with Gasteiger partial charge in [0.2, 0.25) is 10.0 Å². The average Bonchev–Trinajstić information content (AvgIpc) is 3.28. The van der Waals surface area contributed by atoms with Crippen LogP contribution in [0.1, 0.15) is 0 Å². The first-order chi connectivity index (χ1) is 17.9. The molecule has 2 heterocycles. The van der Waals surface area contributed by atoms with Gasteiger partial charge in [-0.2, -0.15) is 9.61 Å². The Hall–Kier alpha value is -3.44. The lowest BCUT2D eigenvalue weighted by atomic mass is 10.1. The Kier molecular flexibility index (Phi) is 7.43. The minimum absolute atomic E-state index is 0.149. The zero-order valence-electron chi connectivity index (χ0n) is 19.3. The van der Waals surface area contributed by atoms with Gasteiger partial charge in [0.15, 0.2) is 5.65 Å². The van der Waals surface area contributed by atoms with Crippen LogP contribution in [-0.4, -0.2) is 36.1 Å². The molecule has 0 aliphatic carbocycles. The van der Waals surface area contributed by atoms with Gasteiger partial charge in [-0.25, -0.2) is 18.1 Å². The van der Waals surface area contributed by atoms with Gasteiger partial charge in [0.1, 0.15) is 17.3 Å². The molecule has 188 valence electrons. The van der Waals surface area contributed by atoms with Gasteiger partial charge in [0.25, 0.3) is 0 Å². The largest absolute Gasteiger partial charge is 0.457 e. The van der Waals surface area contributed by atoms with Crippen LogP contribution < -0.4 is 14.8 Å². The average molecular weight is 599 g/mol. The van der Waals surface area contributed by atoms with E-state index in [2.05, 4.69) is 36.1 Å². The van der Waals surface area contributed by atoms with Crippen LogP contribution in [0.4, 0.5) is 5.82 Å². The number of halogens is 2. The van der Waals surface area contributed by atoms with Crippen LogP contribution in [0.15, 0.2) is 100 Å². The maximum atomic E-state index is 12.8. The molecule has 0 radical (unpaired) electrons. The van der Waals surface area contributed by atoms with Gasteiger partial charge < -0.3 is 10.1 Å². The summed E-state index contributed by atoms with van der Waals surface area (Å²) in [6.07, 6.45) is 1.65. The molecular weight excluding hydrogens is 578 g/mol. The summed E-state index contributed by atoms with van der Waals surface area (Å²) in [5, 5.41) is 8.17. The quantitative estimate of drug-likeness (QED) is 0.202. The monoisotopic (exact) mass is 597 g/mol. The van der Waals surface area contributed by atoms with Gasteiger partial charge in [-0.05, 0) is 58.4 Å². The number of para-hydroxylation sites is 1. The highest BCUT2D eigenvalue weighted by atomic mass is 79.9. The second-order valence-corrected chi connectivity index (χ2v) is 11.0. The molecule has 0 amide bonds. The molecule has 0 aliphatic heterocycles. The molecule has 0 saturated carbocycles. The summed E-state index contributed by atoms with van der Waals surface area (Å²) in [7, 11) is -3.70. The Morgan fingerprint density at radius 1 is 0.919 bits per heavy atom. The fourth-order valence-electron chi connectivity index (χ4n) is 3.64. The minimum Gasteiger partial charge on any atom is -0.457 e. The van der Waals surface area contributed by atoms with Crippen molar-refractivity contribution in [2.24, 2.45) is 0 Å². The first-order valence-corrected chi connectivity index (χ1v) is 13.9. The fraction of sp³-hybridized carbons (Fsp3) is 0.0769. The Morgan fingerprint density at radius 2 is 1.62 bits per heavy atom. The van der Waals surface area contributed by atoms with E-state index in [0.717, 1.165) is 10.0 Å². The summed E-state index contributed by atoms with van der Waals surface area (Å²) in [6, 6.07) is 24.8. The third-order valence-corrected chi connectivity index (χ3v) is 7.78. The van der Waals surface area contributed by atoms with Crippen molar-refractivity contribution in [3.8, 4) is 22.8 Å². The van der Waals surface area contributed by atoms with E-state index in [1.165, 1.54) is 12.1 Å². The molecule has 0 bridgehead atoms. The first-order valence-electron chi connectivity index (χ1n) is 11.3. The second-order valence-electron chi connectivity index (χ2n) is 7.95. The molecule has 0 saturated heterocycles. The highest BCUT2D eigenvalue weighted by Crippen LogP contribution is 2.30. The molecule has 3 aromatic carbocycles. The van der Waals surface area contributed by atoms with Crippen LogP contribution in [0.5, 0.6) is 11.5 Å². The van der Waals surface area contributed by atoms with E-state index in [-0.39, 0.29) is 11.4 Å². The summed E-state index contributed by atoms with van der Waals surface area (Å²) >= 11 is 9.86. The van der Waals surface area contributed by atoms with Crippen molar-refractivity contribution in [2.75, 3.05) is 18.4 Å². The third-order valence-electron chi connectivity index (χ3n) is 5.41. The number of fused-ring (bicyclic) bond motifs is 1. The molecule has 11 heteroatoms. The summed E-state index contributed by atoms with van der Waals surface area (Å²) in [6.45, 7) is 0.464. The number of hydrogen-bond donors (Lipinski definition) is 2. The molecule has 0 fully saturated rings. The molecule has 2 N–H and O–H groups in total. The van der Waals surface area contributed by atoms with Crippen molar-refractivity contribution < 1.29 is 13.2 Å². The number of benzene rings is 3. The van der Waals surface area contributed by atoms with Crippen LogP contribution in [0.3, 0.4) is 0 Å². The van der Waals surface area contributed by atoms with Gasteiger partial charge >= 0.3 is 0 Å². The summed E-state index contributed by atoms with van der Waals surface area (Å²) in [5.41, 5.74) is 2.06. The zero-order chi connectivity index (χ0) is 25.8. The number of ether oxygens (including phenoxy) is 1. The summed E-state index contributed by atoms with van der Waals surface area (Å²) < 4.78 is 36.3. The SMILES string of the molecule is O=S(=O)(NCCNc1cc(-c2ccccc2Cl)nc2c(Br)cnn12)c1ccc(Oc2ccccc2)cc1. The van der Waals surface area contributed by atoms with E-state index in [1.54, 1.807) is 28.9 Å². The lowest BCUT2D eigenvalue weighted by Gasteiger charge is -2.12. The normalized spacial score (nSPS) is 11.5. The Balaban J connectivity index is 1.26. The number of nitrogens with zero attached hydrogens (tertiary/aromatic N) is 3. The molecule has 8 nitrogen and oxygen atoms in total. The van der Waals surface area contributed by atoms with Crippen molar-refractivity contribution in [3.63, 3.8) is 0 Å². The predicted molar refractivity (Wildman–Crippen MR) is 148 cm³/mol. The molecule has 5 rings (SSSR count). The maximum Gasteiger partial charge on any atom is 0.240 e. The van der Waals surface area contributed by atoms with Crippen molar-refractivity contribution >= 4 is 49.0 Å². The number of hydrogen-bond acceptors (Lipinski definition) is 6. The van der Waals surface area contributed by atoms with Gasteiger partial charge in [-0.1, -0.05) is 48.0 Å². The highest BCUT2D eigenvalue weighted by molar-refractivity contribution is 9.10. The number of nitrogens with one attached hydrogen (secondary N) is 2. The zero-order valence-corrected chi connectivity index (χ0v) is 22.5. The van der Waals surface area contributed by atoms with Crippen LogP contribution >= 0.6 is 27.5 Å². The maximum absolute atomic E-state index is 12.8. The van der Waals surface area contributed by atoms with Crippen LogP contribution in [0.25, 0.3) is 16.9 Å². The number of sulfonamides is 1. The molecule has 0 atom stereocenters. The molecule has 5 aromatic rings. The van der Waals surface area contributed by atoms with E-state index in [1.807, 2.05) is 54.6 Å². The number of anilines is 1. The van der Waals surface area contributed by atoms with Gasteiger partial charge in [-0.3, -0.25) is 0 Å². The van der Waals surface area contributed by atoms with E-state index in [4.69, 9.17) is 16.3 Å². The van der Waals surface area contributed by atoms with E-state index >= 15 is 0 Å². The lowest BCUT2D eigenvalue weighted by molar-refractivity contribution is 0.482. The Bertz CT molecular complexity index is 1640. The second kappa shape index (κ2) is 10.9. The van der Waals surface area contributed by atoms with Crippen molar-refractivity contribution in [1.29, 1.82) is 0 Å². The van der Waals surface area contributed by atoms with Crippen LogP contribution in [0.2, 0.25) is 5.02 Å². The molecule has 0 spiro atoms. The smallest absolute Gasteiger partial charge is 0.240 e. The van der Waals surface area contributed by atoms with Gasteiger partial charge in [0.05, 0.1) is 21.3 Å². The van der Waals surface area contributed by atoms with Gasteiger partial charge in [0, 0.05) is 29.7 Å². The van der Waals surface area contributed by atoms with Crippen LogP contribution in [0, 0.1) is 0 Å². The van der Waals surface area contributed by atoms with Crippen LogP contribution in [-0.2, 0) is 10.0 Å².